The Balaban J connectivity index is 2.22. The molecule has 0 unspecified atom stereocenters. The molecule has 2 atom stereocenters. The first kappa shape index (κ1) is 16.6. The molecule has 2 N–H and O–H groups in total. The Morgan fingerprint density at radius 3 is 2.32 bits per heavy atom. The average Bonchev–Trinajstić information content (AvgIpc) is 2.49. The number of nitrogens with one attached hydrogen (secondary N) is 1. The van der Waals surface area contributed by atoms with Gasteiger partial charge in [0, 0.05) is 4.90 Å². The number of amides is 1. The first-order valence-corrected chi connectivity index (χ1v) is 8.48. The van der Waals surface area contributed by atoms with Crippen LogP contribution >= 0.6 is 11.8 Å². The molecule has 0 radical (unpaired) electrons. The number of hydrogen-bond donors (Lipinski definition) is 2. The van der Waals surface area contributed by atoms with Crippen molar-refractivity contribution in [3.63, 3.8) is 0 Å². The lowest BCUT2D eigenvalue weighted by Gasteiger charge is -2.29. The standard InChI is InChI=1S/C17H21NO3S/c1-10-8-12(13(17(20)21)9-11(10)2)16(19)18-14-6-4-5-7-15(14)22-3/h4-7,12-13H,8-9H2,1-3H3,(H,18,19)(H,20,21)/t12-,13+/m0/s1. The van der Waals surface area contributed by atoms with Crippen molar-refractivity contribution in [2.45, 2.75) is 31.6 Å². The predicted octanol–water partition coefficient (Wildman–Crippen LogP) is 3.79. The third-order valence-electron chi connectivity index (χ3n) is 4.29. The number of anilines is 1. The number of carboxylic acid groups (broad SMARTS) is 1. The largest absolute Gasteiger partial charge is 0.481 e. The number of para-hydroxylation sites is 1. The van der Waals surface area contributed by atoms with Gasteiger partial charge in [-0.15, -0.1) is 11.8 Å². The zero-order chi connectivity index (χ0) is 16.3. The number of carboxylic acids is 1. The highest BCUT2D eigenvalue weighted by molar-refractivity contribution is 7.98. The summed E-state index contributed by atoms with van der Waals surface area (Å²) in [5.74, 6) is -2.27. The molecule has 0 saturated carbocycles. The maximum absolute atomic E-state index is 12.6. The van der Waals surface area contributed by atoms with Crippen molar-refractivity contribution in [3.05, 3.63) is 35.4 Å². The van der Waals surface area contributed by atoms with Crippen molar-refractivity contribution < 1.29 is 14.7 Å². The highest BCUT2D eigenvalue weighted by Gasteiger charge is 2.37. The number of hydrogen-bond acceptors (Lipinski definition) is 3. The number of carbonyl (C=O) groups is 2. The van der Waals surface area contributed by atoms with Crippen LogP contribution in [0.15, 0.2) is 40.3 Å². The summed E-state index contributed by atoms with van der Waals surface area (Å²) >= 11 is 1.55. The first-order chi connectivity index (χ1) is 10.4. The highest BCUT2D eigenvalue weighted by atomic mass is 32.2. The number of aliphatic carboxylic acids is 1. The van der Waals surface area contributed by atoms with E-state index in [0.717, 1.165) is 21.7 Å². The lowest BCUT2D eigenvalue weighted by Crippen LogP contribution is -2.36. The van der Waals surface area contributed by atoms with E-state index < -0.39 is 17.8 Å². The van der Waals surface area contributed by atoms with Crippen molar-refractivity contribution in [2.24, 2.45) is 11.8 Å². The van der Waals surface area contributed by atoms with E-state index in [9.17, 15) is 14.7 Å². The van der Waals surface area contributed by atoms with E-state index in [4.69, 9.17) is 0 Å². The Labute approximate surface area is 135 Å². The summed E-state index contributed by atoms with van der Waals surface area (Å²) in [6.07, 6.45) is 2.90. The number of rotatable bonds is 4. The highest BCUT2D eigenvalue weighted by Crippen LogP contribution is 2.35. The van der Waals surface area contributed by atoms with E-state index >= 15 is 0 Å². The molecule has 1 aromatic rings. The normalized spacial score (nSPS) is 21.6. The summed E-state index contributed by atoms with van der Waals surface area (Å²) in [5, 5.41) is 12.3. The molecule has 0 aliphatic heterocycles. The van der Waals surface area contributed by atoms with E-state index in [2.05, 4.69) is 5.32 Å². The number of allylic oxidation sites excluding steroid dienone is 2. The fourth-order valence-electron chi connectivity index (χ4n) is 2.80. The maximum Gasteiger partial charge on any atom is 0.307 e. The second-order valence-electron chi connectivity index (χ2n) is 5.71. The summed E-state index contributed by atoms with van der Waals surface area (Å²) in [7, 11) is 0. The number of benzene rings is 1. The average molecular weight is 319 g/mol. The van der Waals surface area contributed by atoms with Crippen molar-refractivity contribution in [3.8, 4) is 0 Å². The second kappa shape index (κ2) is 7.01. The molecule has 0 aromatic heterocycles. The predicted molar refractivity (Wildman–Crippen MR) is 89.1 cm³/mol. The van der Waals surface area contributed by atoms with E-state index in [0.29, 0.717) is 12.8 Å². The topological polar surface area (TPSA) is 66.4 Å². The van der Waals surface area contributed by atoms with Gasteiger partial charge in [-0.05, 0) is 45.1 Å². The minimum atomic E-state index is -0.898. The Kier molecular flexibility index (Phi) is 5.29. The van der Waals surface area contributed by atoms with Crippen LogP contribution in [0.2, 0.25) is 0 Å². The zero-order valence-corrected chi connectivity index (χ0v) is 13.9. The van der Waals surface area contributed by atoms with Crippen LogP contribution in [0.3, 0.4) is 0 Å². The zero-order valence-electron chi connectivity index (χ0n) is 13.1. The Morgan fingerprint density at radius 1 is 1.14 bits per heavy atom. The Morgan fingerprint density at radius 2 is 1.73 bits per heavy atom. The summed E-state index contributed by atoms with van der Waals surface area (Å²) in [6, 6.07) is 7.56. The van der Waals surface area contributed by atoms with Gasteiger partial charge in [0.15, 0.2) is 0 Å². The monoisotopic (exact) mass is 319 g/mol. The third-order valence-corrected chi connectivity index (χ3v) is 5.08. The molecule has 1 aliphatic carbocycles. The Hall–Kier alpha value is -1.75. The van der Waals surface area contributed by atoms with Crippen molar-refractivity contribution >= 4 is 29.3 Å². The van der Waals surface area contributed by atoms with Crippen LogP contribution in [0.4, 0.5) is 5.69 Å². The smallest absolute Gasteiger partial charge is 0.307 e. The molecule has 4 nitrogen and oxygen atoms in total. The van der Waals surface area contributed by atoms with Gasteiger partial charge < -0.3 is 10.4 Å². The summed E-state index contributed by atoms with van der Waals surface area (Å²) < 4.78 is 0. The lowest BCUT2D eigenvalue weighted by molar-refractivity contribution is -0.146. The van der Waals surface area contributed by atoms with Gasteiger partial charge in [0.1, 0.15) is 0 Å². The molecule has 2 rings (SSSR count). The molecule has 1 aromatic carbocycles. The molecule has 1 amide bonds. The molecular weight excluding hydrogens is 298 g/mol. The lowest BCUT2D eigenvalue weighted by atomic mass is 9.76. The van der Waals surface area contributed by atoms with Crippen molar-refractivity contribution in [1.82, 2.24) is 0 Å². The van der Waals surface area contributed by atoms with Gasteiger partial charge in [0.25, 0.3) is 0 Å². The van der Waals surface area contributed by atoms with Crippen LogP contribution in [0.1, 0.15) is 26.7 Å². The minimum absolute atomic E-state index is 0.208. The first-order valence-electron chi connectivity index (χ1n) is 7.26. The van der Waals surface area contributed by atoms with E-state index in [1.54, 1.807) is 11.8 Å². The SMILES string of the molecule is CSc1ccccc1NC(=O)[C@H]1CC(C)=C(C)C[C@H]1C(=O)O. The fourth-order valence-corrected chi connectivity index (χ4v) is 3.35. The van der Waals surface area contributed by atoms with Gasteiger partial charge in [-0.25, -0.2) is 0 Å². The van der Waals surface area contributed by atoms with E-state index in [-0.39, 0.29) is 5.91 Å². The quantitative estimate of drug-likeness (QED) is 0.654. The van der Waals surface area contributed by atoms with Crippen LogP contribution in [-0.4, -0.2) is 23.2 Å². The van der Waals surface area contributed by atoms with Crippen LogP contribution in [0.25, 0.3) is 0 Å². The van der Waals surface area contributed by atoms with Crippen LogP contribution < -0.4 is 5.32 Å². The molecule has 0 spiro atoms. The second-order valence-corrected chi connectivity index (χ2v) is 6.56. The van der Waals surface area contributed by atoms with Crippen molar-refractivity contribution in [2.75, 3.05) is 11.6 Å². The van der Waals surface area contributed by atoms with Gasteiger partial charge >= 0.3 is 5.97 Å². The Bertz CT molecular complexity index is 624. The van der Waals surface area contributed by atoms with E-state index in [1.165, 1.54) is 0 Å². The third kappa shape index (κ3) is 3.53. The summed E-state index contributed by atoms with van der Waals surface area (Å²) in [6.45, 7) is 3.92. The fraction of sp³-hybridized carbons (Fsp3) is 0.412. The molecule has 0 bridgehead atoms. The molecule has 5 heteroatoms. The molecule has 0 saturated heterocycles. The minimum Gasteiger partial charge on any atom is -0.481 e. The molecule has 1 aliphatic rings. The molecule has 0 fully saturated rings. The van der Waals surface area contributed by atoms with Crippen LogP contribution in [0, 0.1) is 11.8 Å². The van der Waals surface area contributed by atoms with Gasteiger partial charge in [0.05, 0.1) is 17.5 Å². The van der Waals surface area contributed by atoms with Crippen molar-refractivity contribution in [1.29, 1.82) is 0 Å². The van der Waals surface area contributed by atoms with E-state index in [1.807, 2.05) is 44.4 Å². The molecule has 118 valence electrons. The summed E-state index contributed by atoms with van der Waals surface area (Å²) in [5.41, 5.74) is 2.95. The van der Waals surface area contributed by atoms with Gasteiger partial charge in [0.2, 0.25) is 5.91 Å². The van der Waals surface area contributed by atoms with Crippen LogP contribution in [0.5, 0.6) is 0 Å². The molecular formula is C17H21NO3S. The van der Waals surface area contributed by atoms with Gasteiger partial charge in [-0.2, -0.15) is 0 Å². The number of carbonyl (C=O) groups excluding carboxylic acids is 1. The van der Waals surface area contributed by atoms with Gasteiger partial charge in [-0.3, -0.25) is 9.59 Å². The van der Waals surface area contributed by atoms with Crippen LogP contribution in [-0.2, 0) is 9.59 Å². The summed E-state index contributed by atoms with van der Waals surface area (Å²) in [4.78, 5) is 25.1. The maximum atomic E-state index is 12.6. The number of thioether (sulfide) groups is 1. The molecule has 0 heterocycles. The molecule has 22 heavy (non-hydrogen) atoms. The van der Waals surface area contributed by atoms with Gasteiger partial charge in [-0.1, -0.05) is 23.3 Å².